The third-order valence-corrected chi connectivity index (χ3v) is 12.3. The summed E-state index contributed by atoms with van der Waals surface area (Å²) in [6.45, 7) is 13.6. The maximum absolute atomic E-state index is 14.6. The molecule has 5 aromatic rings. The smallest absolute Gasteiger partial charge is 0.336 e. The summed E-state index contributed by atoms with van der Waals surface area (Å²) in [5.41, 5.74) is 5.32. The van der Waals surface area contributed by atoms with E-state index in [1.54, 1.807) is 26.0 Å². The molecule has 0 spiro atoms. The predicted octanol–water partition coefficient (Wildman–Crippen LogP) is 10.9. The fraction of sp³-hybridized carbons (Fsp3) is 0.357. The summed E-state index contributed by atoms with van der Waals surface area (Å²) in [6.07, 6.45) is 1.85. The second-order valence-electron chi connectivity index (χ2n) is 19.0. The van der Waals surface area contributed by atoms with E-state index in [4.69, 9.17) is 9.47 Å². The fourth-order valence-electron chi connectivity index (χ4n) is 9.54. The molecule has 0 amide bonds. The summed E-state index contributed by atoms with van der Waals surface area (Å²) in [6, 6.07) is 48.3. The number of nitro groups is 1. The molecule has 0 bridgehead atoms. The zero-order valence-corrected chi connectivity index (χ0v) is 39.8. The molecule has 0 unspecified atom stereocenters. The molecule has 1 aliphatic rings. The fourth-order valence-corrected chi connectivity index (χ4v) is 9.54. The highest BCUT2D eigenvalue weighted by molar-refractivity contribution is 5.98. The standard InChI is InChI=1S/C56H66N4O6/c1-40-51(53(61)65-55(3,4)38-58(7)34-32-48(43-23-13-9-14-24-43)44-25-15-10-16-26-44)50(37-42-22-21-31-47(36-42)60(63)64)52(41(2)57-40)54(62)66-56(5,6)39-59(8)35-33-49(45-27-17-11-18-28-45)46-29-19-12-20-30-46/h9-31,36,48-50,57H,32-35,37-39H2,1-8H3. The number of esters is 2. The number of hydrogen-bond donors (Lipinski definition) is 1. The highest BCUT2D eigenvalue weighted by Crippen LogP contribution is 2.37. The number of non-ortho nitro benzene ring substituents is 1. The van der Waals surface area contributed by atoms with E-state index in [0.29, 0.717) is 30.0 Å². The van der Waals surface area contributed by atoms with Crippen LogP contribution in [-0.4, -0.2) is 78.1 Å². The highest BCUT2D eigenvalue weighted by Gasteiger charge is 2.41. The van der Waals surface area contributed by atoms with Gasteiger partial charge in [-0.05, 0) is 116 Å². The molecule has 10 heteroatoms. The lowest BCUT2D eigenvalue weighted by molar-refractivity contribution is -0.384. The van der Waals surface area contributed by atoms with Gasteiger partial charge < -0.3 is 24.6 Å². The van der Waals surface area contributed by atoms with Crippen molar-refractivity contribution < 1.29 is 24.0 Å². The Hall–Kier alpha value is -6.36. The Bertz CT molecular complexity index is 2250. The Morgan fingerprint density at radius 3 is 1.32 bits per heavy atom. The van der Waals surface area contributed by atoms with Gasteiger partial charge in [-0.25, -0.2) is 9.59 Å². The number of carbonyl (C=O) groups is 2. The summed E-state index contributed by atoms with van der Waals surface area (Å²) in [5, 5.41) is 15.2. The van der Waals surface area contributed by atoms with Crippen LogP contribution in [0.4, 0.5) is 5.69 Å². The van der Waals surface area contributed by atoms with Crippen LogP contribution in [-0.2, 0) is 25.5 Å². The van der Waals surface area contributed by atoms with Crippen LogP contribution >= 0.6 is 0 Å². The molecule has 0 saturated heterocycles. The molecule has 0 atom stereocenters. The third kappa shape index (κ3) is 13.4. The van der Waals surface area contributed by atoms with Crippen LogP contribution in [0.5, 0.6) is 0 Å². The zero-order valence-electron chi connectivity index (χ0n) is 39.8. The van der Waals surface area contributed by atoms with E-state index in [-0.39, 0.29) is 35.1 Å². The second-order valence-corrected chi connectivity index (χ2v) is 19.0. The first-order valence-corrected chi connectivity index (χ1v) is 23.0. The number of benzene rings is 5. The SMILES string of the molecule is CC1=C(C(=O)OC(C)(C)CN(C)CCC(c2ccccc2)c2ccccc2)C(Cc2cccc([N+](=O)[O-])c2)C(C(=O)OC(C)(C)CN(C)CCC(c2ccccc2)c2ccccc2)=C(C)N1. The molecule has 0 radical (unpaired) electrons. The lowest BCUT2D eigenvalue weighted by atomic mass is 9.81. The molecule has 0 fully saturated rings. The van der Waals surface area contributed by atoms with Crippen molar-refractivity contribution in [3.63, 3.8) is 0 Å². The summed E-state index contributed by atoms with van der Waals surface area (Å²) >= 11 is 0. The van der Waals surface area contributed by atoms with Gasteiger partial charge in [0, 0.05) is 54.4 Å². The van der Waals surface area contributed by atoms with Crippen molar-refractivity contribution in [3.8, 4) is 0 Å². The van der Waals surface area contributed by atoms with E-state index in [0.717, 1.165) is 25.9 Å². The van der Waals surface area contributed by atoms with Gasteiger partial charge in [-0.2, -0.15) is 0 Å². The van der Waals surface area contributed by atoms with Crippen molar-refractivity contribution >= 4 is 17.6 Å². The molecular weight excluding hydrogens is 825 g/mol. The molecule has 5 aromatic carbocycles. The number of nitrogens with one attached hydrogen (secondary N) is 1. The highest BCUT2D eigenvalue weighted by atomic mass is 16.6. The number of dihydropyridines is 1. The van der Waals surface area contributed by atoms with E-state index in [2.05, 4.69) is 112 Å². The summed E-state index contributed by atoms with van der Waals surface area (Å²) in [5.74, 6) is -1.56. The summed E-state index contributed by atoms with van der Waals surface area (Å²) in [7, 11) is 4.06. The van der Waals surface area contributed by atoms with Gasteiger partial charge in [0.1, 0.15) is 11.2 Å². The van der Waals surface area contributed by atoms with E-state index >= 15 is 0 Å². The Morgan fingerprint density at radius 1 is 0.606 bits per heavy atom. The topological polar surface area (TPSA) is 114 Å². The molecule has 1 heterocycles. The Kier molecular flexibility index (Phi) is 16.5. The first-order chi connectivity index (χ1) is 31.5. The van der Waals surface area contributed by atoms with Crippen molar-refractivity contribution in [2.45, 2.75) is 83.8 Å². The first-order valence-electron chi connectivity index (χ1n) is 23.0. The molecule has 346 valence electrons. The lowest BCUT2D eigenvalue weighted by Crippen LogP contribution is -2.44. The summed E-state index contributed by atoms with van der Waals surface area (Å²) < 4.78 is 12.8. The van der Waals surface area contributed by atoms with E-state index < -0.39 is 34.0 Å². The van der Waals surface area contributed by atoms with Crippen LogP contribution in [0.1, 0.15) is 94.0 Å². The Morgan fingerprint density at radius 2 is 0.970 bits per heavy atom. The number of carbonyl (C=O) groups excluding carboxylic acids is 2. The van der Waals surface area contributed by atoms with Crippen LogP contribution in [0, 0.1) is 16.0 Å². The number of nitrogens with zero attached hydrogens (tertiary/aromatic N) is 3. The minimum absolute atomic E-state index is 0.0760. The van der Waals surface area contributed by atoms with Gasteiger partial charge in [0.25, 0.3) is 5.69 Å². The van der Waals surface area contributed by atoms with Crippen LogP contribution in [0.15, 0.2) is 168 Å². The normalized spacial score (nSPS) is 13.7. The van der Waals surface area contributed by atoms with Gasteiger partial charge in [-0.15, -0.1) is 0 Å². The first kappa shape index (κ1) is 49.1. The molecule has 6 rings (SSSR count). The molecule has 1 N–H and O–H groups in total. The minimum atomic E-state index is -0.923. The molecule has 0 saturated carbocycles. The summed E-state index contributed by atoms with van der Waals surface area (Å²) in [4.78, 5) is 45.0. The van der Waals surface area contributed by atoms with Crippen LogP contribution < -0.4 is 5.32 Å². The average Bonchev–Trinajstić information content (AvgIpc) is 3.27. The van der Waals surface area contributed by atoms with Gasteiger partial charge in [0.2, 0.25) is 0 Å². The van der Waals surface area contributed by atoms with Gasteiger partial charge in [0.05, 0.1) is 16.1 Å². The second kappa shape index (κ2) is 22.2. The molecule has 0 aromatic heterocycles. The van der Waals surface area contributed by atoms with Crippen molar-refractivity contribution in [1.29, 1.82) is 0 Å². The van der Waals surface area contributed by atoms with Crippen molar-refractivity contribution in [2.75, 3.05) is 40.3 Å². The molecule has 0 aliphatic carbocycles. The number of ether oxygens (including phenoxy) is 2. The number of nitro benzene ring substituents is 1. The van der Waals surface area contributed by atoms with Crippen LogP contribution in [0.3, 0.4) is 0 Å². The monoisotopic (exact) mass is 890 g/mol. The van der Waals surface area contributed by atoms with E-state index in [1.165, 1.54) is 34.4 Å². The number of allylic oxidation sites excluding steroid dienone is 2. The lowest BCUT2D eigenvalue weighted by Gasteiger charge is -2.36. The van der Waals surface area contributed by atoms with Gasteiger partial charge >= 0.3 is 11.9 Å². The number of rotatable bonds is 21. The average molecular weight is 891 g/mol. The van der Waals surface area contributed by atoms with Gasteiger partial charge in [-0.3, -0.25) is 10.1 Å². The van der Waals surface area contributed by atoms with E-state index in [9.17, 15) is 19.7 Å². The maximum Gasteiger partial charge on any atom is 0.336 e. The number of likely N-dealkylation sites (N-methyl/N-ethyl adjacent to an activating group) is 2. The molecule has 10 nitrogen and oxygen atoms in total. The van der Waals surface area contributed by atoms with Crippen molar-refractivity contribution in [3.05, 3.63) is 206 Å². The van der Waals surface area contributed by atoms with Crippen molar-refractivity contribution in [1.82, 2.24) is 15.1 Å². The van der Waals surface area contributed by atoms with Crippen LogP contribution in [0.25, 0.3) is 0 Å². The minimum Gasteiger partial charge on any atom is -0.455 e. The van der Waals surface area contributed by atoms with Gasteiger partial charge in [0.15, 0.2) is 0 Å². The van der Waals surface area contributed by atoms with E-state index in [1.807, 2.05) is 66.1 Å². The zero-order chi connectivity index (χ0) is 47.4. The molecular formula is C56H66N4O6. The Balaban J connectivity index is 1.18. The van der Waals surface area contributed by atoms with Gasteiger partial charge in [-0.1, -0.05) is 133 Å². The number of hydrogen-bond acceptors (Lipinski definition) is 9. The predicted molar refractivity (Wildman–Crippen MR) is 263 cm³/mol. The Labute approximate surface area is 391 Å². The maximum atomic E-state index is 14.6. The molecule has 66 heavy (non-hydrogen) atoms. The molecule has 1 aliphatic heterocycles. The van der Waals surface area contributed by atoms with Crippen LogP contribution in [0.2, 0.25) is 0 Å². The third-order valence-electron chi connectivity index (χ3n) is 12.3. The quantitative estimate of drug-likeness (QED) is 0.0437. The van der Waals surface area contributed by atoms with Crippen molar-refractivity contribution in [2.24, 2.45) is 5.92 Å². The largest absolute Gasteiger partial charge is 0.455 e.